The molecule has 0 bridgehead atoms. The van der Waals surface area contributed by atoms with Gasteiger partial charge >= 0.3 is 5.97 Å². The molecule has 1 aliphatic rings. The highest BCUT2D eigenvalue weighted by atomic mass is 16.5. The normalized spacial score (nSPS) is 30.0. The molecule has 1 saturated carbocycles. The van der Waals surface area contributed by atoms with Gasteiger partial charge in [-0.2, -0.15) is 5.26 Å². The molecule has 1 aliphatic carbocycles. The Labute approximate surface area is 59.6 Å². The maximum Gasteiger partial charge on any atom is 0.309 e. The first-order valence-corrected chi connectivity index (χ1v) is 3.27. The van der Waals surface area contributed by atoms with Crippen LogP contribution in [0.2, 0.25) is 0 Å². The highest BCUT2D eigenvalue weighted by molar-refractivity contribution is 5.74. The second-order valence-corrected chi connectivity index (χ2v) is 2.44. The summed E-state index contributed by atoms with van der Waals surface area (Å²) in [5, 5.41) is 8.44. The Balaban J connectivity index is 2.44. The summed E-state index contributed by atoms with van der Waals surface area (Å²) in [6.45, 7) is 0. The summed E-state index contributed by atoms with van der Waals surface area (Å²) in [4.78, 5) is 10.8. The minimum atomic E-state index is -0.238. The van der Waals surface area contributed by atoms with Gasteiger partial charge in [-0.3, -0.25) is 4.79 Å². The number of rotatable bonds is 1. The van der Waals surface area contributed by atoms with E-state index in [1.807, 2.05) is 0 Å². The Morgan fingerprint density at radius 1 is 1.70 bits per heavy atom. The van der Waals surface area contributed by atoms with Crippen LogP contribution >= 0.6 is 0 Å². The molecule has 0 spiro atoms. The number of hydrogen-bond acceptors (Lipinski definition) is 3. The largest absolute Gasteiger partial charge is 0.469 e. The van der Waals surface area contributed by atoms with E-state index in [0.29, 0.717) is 0 Å². The topological polar surface area (TPSA) is 50.1 Å². The molecule has 0 aromatic rings. The summed E-state index contributed by atoms with van der Waals surface area (Å²) in [6, 6.07) is 2.07. The molecule has 0 aromatic carbocycles. The van der Waals surface area contributed by atoms with Crippen LogP contribution in [0.1, 0.15) is 12.8 Å². The molecule has 0 saturated heterocycles. The van der Waals surface area contributed by atoms with Crippen LogP contribution in [0.4, 0.5) is 0 Å². The van der Waals surface area contributed by atoms with Crippen molar-refractivity contribution in [2.75, 3.05) is 7.11 Å². The lowest BCUT2D eigenvalue weighted by atomic mass is 9.75. The number of ether oxygens (including phenoxy) is 1. The first-order chi connectivity index (χ1) is 4.79. The monoisotopic (exact) mass is 139 g/mol. The van der Waals surface area contributed by atoms with Gasteiger partial charge in [-0.1, -0.05) is 0 Å². The third-order valence-corrected chi connectivity index (χ3v) is 1.94. The summed E-state index contributed by atoms with van der Waals surface area (Å²) in [6.07, 6.45) is 1.65. The molecule has 3 nitrogen and oxygen atoms in total. The maximum absolute atomic E-state index is 10.8. The maximum atomic E-state index is 10.8. The van der Waals surface area contributed by atoms with Crippen LogP contribution in [0.3, 0.4) is 0 Å². The highest BCUT2D eigenvalue weighted by Crippen LogP contribution is 2.34. The van der Waals surface area contributed by atoms with E-state index < -0.39 is 0 Å². The van der Waals surface area contributed by atoms with Gasteiger partial charge in [0.05, 0.1) is 25.0 Å². The Kier molecular flexibility index (Phi) is 1.91. The zero-order valence-corrected chi connectivity index (χ0v) is 5.83. The number of nitriles is 1. The average Bonchev–Trinajstić information content (AvgIpc) is 1.86. The first kappa shape index (κ1) is 7.07. The Hall–Kier alpha value is -1.04. The summed E-state index contributed by atoms with van der Waals surface area (Å²) < 4.78 is 4.50. The van der Waals surface area contributed by atoms with Crippen molar-refractivity contribution in [1.29, 1.82) is 5.26 Å². The minimum absolute atomic E-state index is 0.0903. The Bertz CT molecular complexity index is 183. The van der Waals surface area contributed by atoms with Crippen LogP contribution < -0.4 is 0 Å². The van der Waals surface area contributed by atoms with E-state index in [1.54, 1.807) is 0 Å². The number of methoxy groups -OCH3 is 1. The van der Waals surface area contributed by atoms with Gasteiger partial charge in [0.15, 0.2) is 0 Å². The summed E-state index contributed by atoms with van der Waals surface area (Å²) in [5.41, 5.74) is 0. The predicted octanol–water partition coefficient (Wildman–Crippen LogP) is 0.709. The van der Waals surface area contributed by atoms with Crippen LogP contribution in [-0.4, -0.2) is 13.1 Å². The quantitative estimate of drug-likeness (QED) is 0.502. The molecule has 3 heteroatoms. The van der Waals surface area contributed by atoms with E-state index >= 15 is 0 Å². The molecule has 0 heterocycles. The van der Waals surface area contributed by atoms with Gasteiger partial charge < -0.3 is 4.74 Å². The lowest BCUT2D eigenvalue weighted by Crippen LogP contribution is -2.32. The van der Waals surface area contributed by atoms with Crippen LogP contribution in [0.5, 0.6) is 0 Å². The van der Waals surface area contributed by atoms with Crippen molar-refractivity contribution in [3.63, 3.8) is 0 Å². The van der Waals surface area contributed by atoms with Crippen LogP contribution in [-0.2, 0) is 9.53 Å². The molecule has 0 N–H and O–H groups in total. The SMILES string of the molecule is COC(=O)[C@@H]1CC[C@@H]1C#N. The summed E-state index contributed by atoms with van der Waals surface area (Å²) >= 11 is 0. The van der Waals surface area contributed by atoms with Crippen molar-refractivity contribution in [2.24, 2.45) is 11.8 Å². The number of hydrogen-bond donors (Lipinski definition) is 0. The molecule has 0 radical (unpaired) electrons. The number of nitrogens with zero attached hydrogens (tertiary/aromatic N) is 1. The fraction of sp³-hybridized carbons (Fsp3) is 0.714. The highest BCUT2D eigenvalue weighted by Gasteiger charge is 2.37. The molecule has 0 aromatic heterocycles. The summed E-state index contributed by atoms with van der Waals surface area (Å²) in [7, 11) is 1.36. The van der Waals surface area contributed by atoms with Gasteiger partial charge in [0.1, 0.15) is 0 Å². The Morgan fingerprint density at radius 3 is 2.70 bits per heavy atom. The van der Waals surface area contributed by atoms with E-state index in [4.69, 9.17) is 5.26 Å². The van der Waals surface area contributed by atoms with E-state index in [2.05, 4.69) is 10.8 Å². The molecule has 1 fully saturated rings. The molecule has 54 valence electrons. The zero-order valence-electron chi connectivity index (χ0n) is 5.83. The summed E-state index contributed by atoms with van der Waals surface area (Å²) in [5.74, 6) is -0.472. The van der Waals surface area contributed by atoms with E-state index in [9.17, 15) is 4.79 Å². The van der Waals surface area contributed by atoms with E-state index in [0.717, 1.165) is 12.8 Å². The number of carbonyl (C=O) groups excluding carboxylic acids is 1. The predicted molar refractivity (Wildman–Crippen MR) is 33.8 cm³/mol. The van der Waals surface area contributed by atoms with Crippen LogP contribution in [0.25, 0.3) is 0 Å². The van der Waals surface area contributed by atoms with Crippen LogP contribution in [0, 0.1) is 23.2 Å². The molecule has 0 unspecified atom stereocenters. The number of esters is 1. The third-order valence-electron chi connectivity index (χ3n) is 1.94. The van der Waals surface area contributed by atoms with Crippen molar-refractivity contribution in [3.05, 3.63) is 0 Å². The molecular weight excluding hydrogens is 130 g/mol. The van der Waals surface area contributed by atoms with Gasteiger partial charge in [-0.25, -0.2) is 0 Å². The standard InChI is InChI=1S/C7H9NO2/c1-10-7(9)6-3-2-5(6)4-8/h5-6H,2-3H2,1H3/t5-,6-/m1/s1. The lowest BCUT2D eigenvalue weighted by molar-refractivity contribution is -0.150. The van der Waals surface area contributed by atoms with Crippen molar-refractivity contribution in [3.8, 4) is 6.07 Å². The average molecular weight is 139 g/mol. The molecule has 1 rings (SSSR count). The fourth-order valence-corrected chi connectivity index (χ4v) is 1.09. The molecule has 2 atom stereocenters. The molecule has 0 amide bonds. The van der Waals surface area contributed by atoms with Gasteiger partial charge in [-0.15, -0.1) is 0 Å². The van der Waals surface area contributed by atoms with Crippen molar-refractivity contribution in [1.82, 2.24) is 0 Å². The second-order valence-electron chi connectivity index (χ2n) is 2.44. The van der Waals surface area contributed by atoms with E-state index in [-0.39, 0.29) is 17.8 Å². The molecule has 0 aliphatic heterocycles. The van der Waals surface area contributed by atoms with Gasteiger partial charge in [-0.05, 0) is 12.8 Å². The fourth-order valence-electron chi connectivity index (χ4n) is 1.09. The first-order valence-electron chi connectivity index (χ1n) is 3.27. The minimum Gasteiger partial charge on any atom is -0.469 e. The molecular formula is C7H9NO2. The smallest absolute Gasteiger partial charge is 0.309 e. The van der Waals surface area contributed by atoms with Crippen molar-refractivity contribution in [2.45, 2.75) is 12.8 Å². The third kappa shape index (κ3) is 0.971. The van der Waals surface area contributed by atoms with Gasteiger partial charge in [0.2, 0.25) is 0 Å². The van der Waals surface area contributed by atoms with Crippen LogP contribution in [0.15, 0.2) is 0 Å². The zero-order chi connectivity index (χ0) is 7.56. The lowest BCUT2D eigenvalue weighted by Gasteiger charge is -2.28. The van der Waals surface area contributed by atoms with Gasteiger partial charge in [0.25, 0.3) is 0 Å². The molecule has 10 heavy (non-hydrogen) atoms. The number of carbonyl (C=O) groups is 1. The van der Waals surface area contributed by atoms with Crippen molar-refractivity contribution < 1.29 is 9.53 Å². The Morgan fingerprint density at radius 2 is 2.40 bits per heavy atom. The second kappa shape index (κ2) is 2.70. The van der Waals surface area contributed by atoms with E-state index in [1.165, 1.54) is 7.11 Å². The van der Waals surface area contributed by atoms with Gasteiger partial charge in [0, 0.05) is 0 Å². The van der Waals surface area contributed by atoms with Crippen molar-refractivity contribution >= 4 is 5.97 Å².